The van der Waals surface area contributed by atoms with Crippen LogP contribution in [0, 0.1) is 10.1 Å². The number of nitro benzene ring substituents is 1. The van der Waals surface area contributed by atoms with E-state index in [1.54, 1.807) is 0 Å². The summed E-state index contributed by atoms with van der Waals surface area (Å²) in [5.74, 6) is -1.13. The number of anilines is 4. The van der Waals surface area contributed by atoms with E-state index >= 15 is 0 Å². The van der Waals surface area contributed by atoms with Gasteiger partial charge < -0.3 is 21.7 Å². The average molecular weight is 473 g/mol. The number of non-ortho nitro benzene ring substituents is 1. The number of hydrogen-bond donors (Lipinski definition) is 4. The van der Waals surface area contributed by atoms with Crippen molar-refractivity contribution in [3.63, 3.8) is 0 Å². The Bertz CT molecular complexity index is 1230. The first-order valence-electron chi connectivity index (χ1n) is 9.69. The third-order valence-electron chi connectivity index (χ3n) is 4.58. The molecule has 176 valence electrons. The molecule has 3 aromatic carbocycles. The summed E-state index contributed by atoms with van der Waals surface area (Å²) >= 11 is 0. The number of nitrogens with zero attached hydrogens (tertiary/aromatic N) is 1. The van der Waals surface area contributed by atoms with Gasteiger partial charge in [0.05, 0.1) is 28.4 Å². The van der Waals surface area contributed by atoms with Crippen molar-refractivity contribution in [3.8, 4) is 0 Å². The molecule has 0 saturated carbocycles. The van der Waals surface area contributed by atoms with E-state index in [0.717, 1.165) is 18.2 Å². The molecule has 0 aliphatic rings. The van der Waals surface area contributed by atoms with Gasteiger partial charge in [0.1, 0.15) is 0 Å². The van der Waals surface area contributed by atoms with Crippen LogP contribution in [0.5, 0.6) is 0 Å². The fourth-order valence-electron chi connectivity index (χ4n) is 2.93. The molecule has 0 aliphatic heterocycles. The van der Waals surface area contributed by atoms with Gasteiger partial charge in [-0.2, -0.15) is 13.2 Å². The predicted molar refractivity (Wildman–Crippen MR) is 120 cm³/mol. The minimum Gasteiger partial charge on any atom is -0.374 e. The Balaban J connectivity index is 1.76. The number of carbonyl (C=O) groups is 2. The molecule has 0 saturated heterocycles. The van der Waals surface area contributed by atoms with Crippen LogP contribution in [0.4, 0.5) is 41.6 Å². The number of primary amides is 1. The zero-order valence-corrected chi connectivity index (χ0v) is 17.3. The second-order valence-corrected chi connectivity index (χ2v) is 7.03. The van der Waals surface area contributed by atoms with Crippen molar-refractivity contribution < 1.29 is 27.7 Å². The van der Waals surface area contributed by atoms with E-state index in [2.05, 4.69) is 16.0 Å². The number of benzene rings is 3. The molecule has 0 heterocycles. The molecular weight excluding hydrogens is 455 g/mol. The monoisotopic (exact) mass is 473 g/mol. The number of nitrogens with two attached hydrogens (primary N) is 1. The molecule has 3 aromatic rings. The Kier molecular flexibility index (Phi) is 7.00. The summed E-state index contributed by atoms with van der Waals surface area (Å²) in [7, 11) is 0. The average Bonchev–Trinajstić information content (AvgIpc) is 2.78. The lowest BCUT2D eigenvalue weighted by Crippen LogP contribution is -2.22. The molecule has 3 rings (SSSR count). The maximum absolute atomic E-state index is 13.0. The van der Waals surface area contributed by atoms with Gasteiger partial charge in [-0.15, -0.1) is 0 Å². The van der Waals surface area contributed by atoms with Gasteiger partial charge in [0, 0.05) is 29.1 Å². The van der Waals surface area contributed by atoms with Gasteiger partial charge in [0.25, 0.3) is 5.69 Å². The van der Waals surface area contributed by atoms with E-state index in [1.165, 1.54) is 48.5 Å². The van der Waals surface area contributed by atoms with Gasteiger partial charge in [0.15, 0.2) is 0 Å². The molecular formula is C22H18F3N5O4. The van der Waals surface area contributed by atoms with Crippen LogP contribution in [0.25, 0.3) is 0 Å². The zero-order chi connectivity index (χ0) is 24.9. The van der Waals surface area contributed by atoms with Crippen LogP contribution in [0.3, 0.4) is 0 Å². The Labute approximate surface area is 190 Å². The Morgan fingerprint density at radius 3 is 2.26 bits per heavy atom. The minimum atomic E-state index is -4.54. The first-order chi connectivity index (χ1) is 16.0. The number of rotatable bonds is 8. The molecule has 0 unspecified atom stereocenters. The third kappa shape index (κ3) is 6.22. The highest BCUT2D eigenvalue weighted by Crippen LogP contribution is 2.33. The van der Waals surface area contributed by atoms with Crippen LogP contribution in [0.2, 0.25) is 0 Å². The molecule has 0 aromatic heterocycles. The van der Waals surface area contributed by atoms with Gasteiger partial charge in [-0.3, -0.25) is 19.7 Å². The van der Waals surface area contributed by atoms with Crippen LogP contribution in [-0.4, -0.2) is 23.3 Å². The highest BCUT2D eigenvalue weighted by molar-refractivity contribution is 5.96. The molecule has 0 radical (unpaired) electrons. The lowest BCUT2D eigenvalue weighted by molar-refractivity contribution is -0.384. The van der Waals surface area contributed by atoms with Crippen molar-refractivity contribution in [2.75, 3.05) is 22.5 Å². The Hall–Kier alpha value is -4.61. The smallest absolute Gasteiger partial charge is 0.374 e. The summed E-state index contributed by atoms with van der Waals surface area (Å²) < 4.78 is 39.0. The van der Waals surface area contributed by atoms with E-state index in [9.17, 15) is 32.9 Å². The standard InChI is InChI=1S/C22H18F3N5O4/c23-22(24,25)14-2-1-3-16(10-14)28-18-9-8-17(30(33)34)11-19(18)27-12-20(31)29-15-6-4-13(5-7-15)21(26)32/h1-11,27-28H,12H2,(H2,26,32)(H,29,31). The Morgan fingerprint density at radius 1 is 0.941 bits per heavy atom. The van der Waals surface area contributed by atoms with E-state index in [-0.39, 0.29) is 34.9 Å². The van der Waals surface area contributed by atoms with E-state index in [0.29, 0.717) is 5.69 Å². The summed E-state index contributed by atoms with van der Waals surface area (Å²) in [6, 6.07) is 13.9. The summed E-state index contributed by atoms with van der Waals surface area (Å²) in [5.41, 5.74) is 5.13. The van der Waals surface area contributed by atoms with Crippen LogP contribution >= 0.6 is 0 Å². The number of hydrogen-bond acceptors (Lipinski definition) is 6. The first kappa shape index (κ1) is 24.0. The van der Waals surface area contributed by atoms with Crippen molar-refractivity contribution in [2.24, 2.45) is 5.73 Å². The highest BCUT2D eigenvalue weighted by atomic mass is 19.4. The van der Waals surface area contributed by atoms with Crippen molar-refractivity contribution in [1.29, 1.82) is 0 Å². The summed E-state index contributed by atoms with van der Waals surface area (Å²) in [6.45, 7) is -0.310. The van der Waals surface area contributed by atoms with Gasteiger partial charge in [-0.25, -0.2) is 0 Å². The summed E-state index contributed by atoms with van der Waals surface area (Å²) in [4.78, 5) is 33.9. The number of nitrogens with one attached hydrogen (secondary N) is 3. The summed E-state index contributed by atoms with van der Waals surface area (Å²) in [5, 5.41) is 19.3. The fourth-order valence-corrected chi connectivity index (χ4v) is 2.93. The normalized spacial score (nSPS) is 10.9. The van der Waals surface area contributed by atoms with Crippen molar-refractivity contribution >= 4 is 40.3 Å². The zero-order valence-electron chi connectivity index (χ0n) is 17.3. The van der Waals surface area contributed by atoms with Crippen molar-refractivity contribution in [3.05, 3.63) is 88.0 Å². The third-order valence-corrected chi connectivity index (χ3v) is 4.58. The lowest BCUT2D eigenvalue weighted by atomic mass is 10.1. The van der Waals surface area contributed by atoms with Gasteiger partial charge >= 0.3 is 6.18 Å². The number of amides is 2. The minimum absolute atomic E-state index is 0.103. The number of carbonyl (C=O) groups excluding carboxylic acids is 2. The SMILES string of the molecule is NC(=O)c1ccc(NC(=O)CNc2cc([N+](=O)[O-])ccc2Nc2cccc(C(F)(F)F)c2)cc1. The molecule has 12 heteroatoms. The number of halogens is 3. The van der Waals surface area contributed by atoms with Crippen molar-refractivity contribution in [1.82, 2.24) is 0 Å². The van der Waals surface area contributed by atoms with Gasteiger partial charge in [-0.05, 0) is 48.5 Å². The molecule has 0 fully saturated rings. The van der Waals surface area contributed by atoms with Gasteiger partial charge in [0.2, 0.25) is 11.8 Å². The number of nitro groups is 1. The van der Waals surface area contributed by atoms with E-state index in [4.69, 9.17) is 5.73 Å². The molecule has 0 aliphatic carbocycles. The maximum Gasteiger partial charge on any atom is 0.416 e. The molecule has 5 N–H and O–H groups in total. The highest BCUT2D eigenvalue weighted by Gasteiger charge is 2.30. The molecule has 34 heavy (non-hydrogen) atoms. The summed E-state index contributed by atoms with van der Waals surface area (Å²) in [6.07, 6.45) is -4.54. The van der Waals surface area contributed by atoms with Crippen LogP contribution < -0.4 is 21.7 Å². The molecule has 0 spiro atoms. The quantitative estimate of drug-likeness (QED) is 0.280. The van der Waals surface area contributed by atoms with Crippen LogP contribution in [-0.2, 0) is 11.0 Å². The predicted octanol–water partition coefficient (Wildman–Crippen LogP) is 4.51. The largest absolute Gasteiger partial charge is 0.416 e. The number of alkyl halides is 3. The second kappa shape index (κ2) is 9.90. The van der Waals surface area contributed by atoms with Crippen LogP contribution in [0.15, 0.2) is 66.7 Å². The van der Waals surface area contributed by atoms with Crippen molar-refractivity contribution in [2.45, 2.75) is 6.18 Å². The van der Waals surface area contributed by atoms with E-state index < -0.39 is 28.5 Å². The topological polar surface area (TPSA) is 139 Å². The molecule has 0 atom stereocenters. The fraction of sp³-hybridized carbons (Fsp3) is 0.0909. The van der Waals surface area contributed by atoms with E-state index in [1.807, 2.05) is 0 Å². The van der Waals surface area contributed by atoms with Gasteiger partial charge in [-0.1, -0.05) is 6.07 Å². The maximum atomic E-state index is 13.0. The molecule has 9 nitrogen and oxygen atoms in total. The second-order valence-electron chi connectivity index (χ2n) is 7.03. The Morgan fingerprint density at radius 2 is 1.65 bits per heavy atom. The lowest BCUT2D eigenvalue weighted by Gasteiger charge is -2.15. The first-order valence-corrected chi connectivity index (χ1v) is 9.69. The molecule has 2 amide bonds. The van der Waals surface area contributed by atoms with Crippen LogP contribution in [0.1, 0.15) is 15.9 Å². The molecule has 0 bridgehead atoms.